The zero-order valence-corrected chi connectivity index (χ0v) is 12.1. The van der Waals surface area contributed by atoms with Gasteiger partial charge in [-0.05, 0) is 24.3 Å². The average Bonchev–Trinajstić information content (AvgIpc) is 3.16. The van der Waals surface area contributed by atoms with Crippen molar-refractivity contribution in [2.75, 3.05) is 13.1 Å². The number of nitrogens with zero attached hydrogens (tertiary/aromatic N) is 6. The molecular formula is C13H19N7O. The van der Waals surface area contributed by atoms with Crippen LogP contribution in [0.15, 0.2) is 12.4 Å². The molecular weight excluding hydrogens is 270 g/mol. The van der Waals surface area contributed by atoms with E-state index in [4.69, 9.17) is 0 Å². The first-order valence-corrected chi connectivity index (χ1v) is 7.21. The smallest absolute Gasteiger partial charge is 0.223 e. The SMILES string of the molecule is Cn1cc(C2CCN(C(=O)CCc3nn[nH]n3)CC2)cn1. The lowest BCUT2D eigenvalue weighted by Gasteiger charge is -2.31. The maximum Gasteiger partial charge on any atom is 0.223 e. The summed E-state index contributed by atoms with van der Waals surface area (Å²) in [5, 5.41) is 17.8. The molecule has 0 atom stereocenters. The molecule has 1 fully saturated rings. The third kappa shape index (κ3) is 3.26. The number of amides is 1. The number of likely N-dealkylation sites (tertiary alicyclic amines) is 1. The highest BCUT2D eigenvalue weighted by Gasteiger charge is 2.24. The second-order valence-electron chi connectivity index (χ2n) is 5.43. The molecule has 8 nitrogen and oxygen atoms in total. The van der Waals surface area contributed by atoms with Gasteiger partial charge in [0.05, 0.1) is 6.20 Å². The van der Waals surface area contributed by atoms with Crippen LogP contribution in [0.3, 0.4) is 0 Å². The molecule has 112 valence electrons. The quantitative estimate of drug-likeness (QED) is 0.872. The van der Waals surface area contributed by atoms with E-state index in [9.17, 15) is 4.79 Å². The van der Waals surface area contributed by atoms with Crippen LogP contribution in [0, 0.1) is 0 Å². The average molecular weight is 289 g/mol. The van der Waals surface area contributed by atoms with Gasteiger partial charge in [-0.1, -0.05) is 5.21 Å². The van der Waals surface area contributed by atoms with Crippen LogP contribution in [0.4, 0.5) is 0 Å². The van der Waals surface area contributed by atoms with Gasteiger partial charge < -0.3 is 4.90 Å². The van der Waals surface area contributed by atoms with E-state index in [0.717, 1.165) is 25.9 Å². The largest absolute Gasteiger partial charge is 0.343 e. The van der Waals surface area contributed by atoms with Gasteiger partial charge in [-0.2, -0.15) is 10.3 Å². The molecule has 0 saturated carbocycles. The van der Waals surface area contributed by atoms with Crippen LogP contribution in [0.5, 0.6) is 0 Å². The highest BCUT2D eigenvalue weighted by Crippen LogP contribution is 2.27. The second kappa shape index (κ2) is 6.02. The molecule has 0 unspecified atom stereocenters. The van der Waals surface area contributed by atoms with Gasteiger partial charge in [0.25, 0.3) is 0 Å². The zero-order chi connectivity index (χ0) is 14.7. The number of hydrogen-bond donors (Lipinski definition) is 1. The van der Waals surface area contributed by atoms with Crippen molar-refractivity contribution in [3.05, 3.63) is 23.8 Å². The van der Waals surface area contributed by atoms with Crippen LogP contribution in [-0.4, -0.2) is 54.3 Å². The van der Waals surface area contributed by atoms with Crippen molar-refractivity contribution in [1.29, 1.82) is 0 Å². The van der Waals surface area contributed by atoms with Gasteiger partial charge in [0.2, 0.25) is 5.91 Å². The van der Waals surface area contributed by atoms with Crippen molar-refractivity contribution in [2.45, 2.75) is 31.6 Å². The van der Waals surface area contributed by atoms with E-state index in [1.807, 2.05) is 22.8 Å². The van der Waals surface area contributed by atoms with Crippen molar-refractivity contribution in [3.8, 4) is 0 Å². The van der Waals surface area contributed by atoms with Gasteiger partial charge in [0.15, 0.2) is 5.82 Å². The van der Waals surface area contributed by atoms with Crippen LogP contribution in [0.2, 0.25) is 0 Å². The van der Waals surface area contributed by atoms with E-state index in [1.165, 1.54) is 5.56 Å². The summed E-state index contributed by atoms with van der Waals surface area (Å²) in [7, 11) is 1.93. The molecule has 0 bridgehead atoms. The van der Waals surface area contributed by atoms with Crippen LogP contribution in [0.25, 0.3) is 0 Å². The summed E-state index contributed by atoms with van der Waals surface area (Å²) in [6.45, 7) is 1.62. The summed E-state index contributed by atoms with van der Waals surface area (Å²) in [4.78, 5) is 14.1. The minimum Gasteiger partial charge on any atom is -0.343 e. The lowest BCUT2D eigenvalue weighted by atomic mass is 9.91. The van der Waals surface area contributed by atoms with Gasteiger partial charge in [0.1, 0.15) is 0 Å². The molecule has 1 saturated heterocycles. The molecule has 0 radical (unpaired) electrons. The molecule has 21 heavy (non-hydrogen) atoms. The molecule has 0 aromatic carbocycles. The van der Waals surface area contributed by atoms with Gasteiger partial charge in [0, 0.05) is 39.2 Å². The Labute approximate surface area is 122 Å². The normalized spacial score (nSPS) is 16.3. The van der Waals surface area contributed by atoms with Gasteiger partial charge >= 0.3 is 0 Å². The van der Waals surface area contributed by atoms with Crippen LogP contribution in [-0.2, 0) is 18.3 Å². The standard InChI is InChI=1S/C13H19N7O/c1-19-9-11(8-14-19)10-4-6-20(7-5-10)13(21)3-2-12-15-17-18-16-12/h8-10H,2-7H2,1H3,(H,15,16,17,18). The predicted molar refractivity (Wildman–Crippen MR) is 74.3 cm³/mol. The molecule has 0 aliphatic carbocycles. The molecule has 3 rings (SSSR count). The maximum atomic E-state index is 12.2. The predicted octanol–water partition coefficient (Wildman–Crippen LogP) is 0.272. The van der Waals surface area contributed by atoms with E-state index < -0.39 is 0 Å². The fourth-order valence-corrected chi connectivity index (χ4v) is 2.78. The van der Waals surface area contributed by atoms with Crippen LogP contribution in [0.1, 0.15) is 36.6 Å². The first-order chi connectivity index (χ1) is 10.2. The van der Waals surface area contributed by atoms with Gasteiger partial charge in [-0.15, -0.1) is 10.2 Å². The molecule has 1 aliphatic rings. The molecule has 2 aromatic heterocycles. The molecule has 1 N–H and O–H groups in total. The number of carbonyl (C=O) groups excluding carboxylic acids is 1. The molecule has 0 spiro atoms. The molecule has 3 heterocycles. The first-order valence-electron chi connectivity index (χ1n) is 7.21. The fraction of sp³-hybridized carbons (Fsp3) is 0.615. The van der Waals surface area contributed by atoms with Gasteiger partial charge in [-0.3, -0.25) is 9.48 Å². The minimum absolute atomic E-state index is 0.171. The second-order valence-corrected chi connectivity index (χ2v) is 5.43. The van der Waals surface area contributed by atoms with Crippen LogP contribution < -0.4 is 0 Å². The number of hydrogen-bond acceptors (Lipinski definition) is 5. The third-order valence-electron chi connectivity index (χ3n) is 4.00. The highest BCUT2D eigenvalue weighted by molar-refractivity contribution is 5.76. The number of H-pyrrole nitrogens is 1. The monoisotopic (exact) mass is 289 g/mol. The van der Waals surface area contributed by atoms with Gasteiger partial charge in [-0.25, -0.2) is 0 Å². The van der Waals surface area contributed by atoms with E-state index in [-0.39, 0.29) is 5.91 Å². The van der Waals surface area contributed by atoms with E-state index in [2.05, 4.69) is 31.9 Å². The maximum absolute atomic E-state index is 12.2. The Morgan fingerprint density at radius 3 is 2.86 bits per heavy atom. The molecule has 8 heteroatoms. The highest BCUT2D eigenvalue weighted by atomic mass is 16.2. The van der Waals surface area contributed by atoms with Crippen molar-refractivity contribution in [3.63, 3.8) is 0 Å². The summed E-state index contributed by atoms with van der Waals surface area (Å²) in [6.07, 6.45) is 6.98. The Balaban J connectivity index is 1.47. The first kappa shape index (κ1) is 13.7. The van der Waals surface area contributed by atoms with Crippen molar-refractivity contribution in [2.24, 2.45) is 7.05 Å². The number of nitrogens with one attached hydrogen (secondary N) is 1. The van der Waals surface area contributed by atoms with E-state index in [1.54, 1.807) is 0 Å². The summed E-state index contributed by atoms with van der Waals surface area (Å²) >= 11 is 0. The number of aromatic amines is 1. The Hall–Kier alpha value is -2.25. The number of aromatic nitrogens is 6. The minimum atomic E-state index is 0.171. The van der Waals surface area contributed by atoms with E-state index in [0.29, 0.717) is 24.6 Å². The van der Waals surface area contributed by atoms with E-state index >= 15 is 0 Å². The number of piperidine rings is 1. The zero-order valence-electron chi connectivity index (χ0n) is 12.1. The number of rotatable bonds is 4. The Morgan fingerprint density at radius 2 is 2.24 bits per heavy atom. The number of aryl methyl sites for hydroxylation is 2. The molecule has 2 aromatic rings. The summed E-state index contributed by atoms with van der Waals surface area (Å²) in [5.41, 5.74) is 1.27. The summed E-state index contributed by atoms with van der Waals surface area (Å²) in [5.74, 6) is 1.28. The topological polar surface area (TPSA) is 92.6 Å². The third-order valence-corrected chi connectivity index (χ3v) is 4.00. The van der Waals surface area contributed by atoms with Crippen LogP contribution >= 0.6 is 0 Å². The Bertz CT molecular complexity index is 583. The Kier molecular flexibility index (Phi) is 3.94. The number of carbonyl (C=O) groups is 1. The molecule has 1 aliphatic heterocycles. The Morgan fingerprint density at radius 1 is 1.43 bits per heavy atom. The lowest BCUT2D eigenvalue weighted by molar-refractivity contribution is -0.132. The number of tetrazole rings is 1. The van der Waals surface area contributed by atoms with Crippen molar-refractivity contribution < 1.29 is 4.79 Å². The molecule has 1 amide bonds. The van der Waals surface area contributed by atoms with Crippen molar-refractivity contribution >= 4 is 5.91 Å². The summed E-state index contributed by atoms with van der Waals surface area (Å²) < 4.78 is 1.83. The fourth-order valence-electron chi connectivity index (χ4n) is 2.78. The lowest BCUT2D eigenvalue weighted by Crippen LogP contribution is -2.38. The summed E-state index contributed by atoms with van der Waals surface area (Å²) in [6, 6.07) is 0. The van der Waals surface area contributed by atoms with Crippen molar-refractivity contribution in [1.82, 2.24) is 35.3 Å².